The van der Waals surface area contributed by atoms with Crippen molar-refractivity contribution in [3.05, 3.63) is 28.8 Å². The van der Waals surface area contributed by atoms with Gasteiger partial charge in [-0.3, -0.25) is 4.79 Å². The molecule has 1 saturated heterocycles. The second-order valence-electron chi connectivity index (χ2n) is 5.31. The van der Waals surface area contributed by atoms with Crippen molar-refractivity contribution < 1.29 is 13.2 Å². The number of piperidine rings is 1. The molecule has 0 aliphatic carbocycles. The molecule has 1 aliphatic rings. The lowest BCUT2D eigenvalue weighted by atomic mass is 10.0. The van der Waals surface area contributed by atoms with Gasteiger partial charge in [0.05, 0.1) is 15.5 Å². The molecule has 0 atom stereocenters. The average molecular weight is 331 g/mol. The summed E-state index contributed by atoms with van der Waals surface area (Å²) in [5, 5.41) is 2.69. The van der Waals surface area contributed by atoms with Gasteiger partial charge in [-0.1, -0.05) is 18.5 Å². The van der Waals surface area contributed by atoms with Gasteiger partial charge in [0.2, 0.25) is 10.0 Å². The van der Waals surface area contributed by atoms with Crippen LogP contribution in [0.3, 0.4) is 0 Å². The monoisotopic (exact) mass is 330 g/mol. The van der Waals surface area contributed by atoms with Crippen molar-refractivity contribution in [3.63, 3.8) is 0 Å². The van der Waals surface area contributed by atoms with Gasteiger partial charge < -0.3 is 5.32 Å². The minimum Gasteiger partial charge on any atom is -0.355 e. The number of benzene rings is 1. The minimum atomic E-state index is -3.57. The Kier molecular flexibility index (Phi) is 4.91. The molecule has 0 radical (unpaired) electrons. The van der Waals surface area contributed by atoms with Gasteiger partial charge in [-0.05, 0) is 37.0 Å². The van der Waals surface area contributed by atoms with Crippen molar-refractivity contribution in [2.24, 2.45) is 5.92 Å². The Labute approximate surface area is 130 Å². The molecule has 0 saturated carbocycles. The zero-order valence-electron chi connectivity index (χ0n) is 12.1. The van der Waals surface area contributed by atoms with E-state index < -0.39 is 15.9 Å². The summed E-state index contributed by atoms with van der Waals surface area (Å²) in [6, 6.07) is 4.24. The number of nitrogens with one attached hydrogen (secondary N) is 1. The summed E-state index contributed by atoms with van der Waals surface area (Å²) in [6.07, 6.45) is 1.71. The normalized spacial score (nSPS) is 17.7. The van der Waals surface area contributed by atoms with Gasteiger partial charge in [-0.25, -0.2) is 8.42 Å². The minimum absolute atomic E-state index is 0.111. The van der Waals surface area contributed by atoms with Crippen molar-refractivity contribution in [1.29, 1.82) is 0 Å². The molecule has 0 unspecified atom stereocenters. The highest BCUT2D eigenvalue weighted by molar-refractivity contribution is 7.89. The topological polar surface area (TPSA) is 66.5 Å². The summed E-state index contributed by atoms with van der Waals surface area (Å²) >= 11 is 5.96. The van der Waals surface area contributed by atoms with Crippen LogP contribution in [0.4, 0.5) is 0 Å². The van der Waals surface area contributed by atoms with Gasteiger partial charge in [0.15, 0.2) is 0 Å². The van der Waals surface area contributed by atoms with Crippen molar-refractivity contribution in [2.75, 3.05) is 20.1 Å². The van der Waals surface area contributed by atoms with E-state index >= 15 is 0 Å². The highest BCUT2D eigenvalue weighted by Gasteiger charge is 2.28. The number of nitrogens with zero attached hydrogens (tertiary/aromatic N) is 1. The van der Waals surface area contributed by atoms with Crippen molar-refractivity contribution in [2.45, 2.75) is 24.7 Å². The summed E-state index contributed by atoms with van der Waals surface area (Å²) in [7, 11) is -2.09. The third-order valence-corrected chi connectivity index (χ3v) is 6.01. The fraction of sp³-hybridized carbons (Fsp3) is 0.500. The molecule has 1 fully saturated rings. The number of sulfonamides is 1. The molecule has 1 heterocycles. The Hall–Kier alpha value is -1.11. The fourth-order valence-corrected chi connectivity index (χ4v) is 4.05. The SMILES string of the molecule is CNC(=O)c1cc(S(=O)(=O)N2CCC(C)CC2)ccc1Cl. The first-order valence-corrected chi connectivity index (χ1v) is 8.70. The van der Waals surface area contributed by atoms with E-state index in [0.717, 1.165) is 12.8 Å². The van der Waals surface area contributed by atoms with Crippen LogP contribution in [0.1, 0.15) is 30.1 Å². The lowest BCUT2D eigenvalue weighted by Crippen LogP contribution is -2.38. The first-order chi connectivity index (χ1) is 9.86. The van der Waals surface area contributed by atoms with Crippen molar-refractivity contribution in [1.82, 2.24) is 9.62 Å². The smallest absolute Gasteiger partial charge is 0.252 e. The first-order valence-electron chi connectivity index (χ1n) is 6.88. The molecule has 1 aliphatic heterocycles. The van der Waals surface area contributed by atoms with Crippen molar-refractivity contribution >= 4 is 27.5 Å². The second-order valence-corrected chi connectivity index (χ2v) is 7.65. The molecule has 0 bridgehead atoms. The van der Waals surface area contributed by atoms with Gasteiger partial charge >= 0.3 is 0 Å². The third kappa shape index (κ3) is 3.39. The summed E-state index contributed by atoms with van der Waals surface area (Å²) in [6.45, 7) is 3.15. The molecule has 5 nitrogen and oxygen atoms in total. The van der Waals surface area contributed by atoms with Crippen LogP contribution in [0.25, 0.3) is 0 Å². The first kappa shape index (κ1) is 16.3. The average Bonchev–Trinajstić information content (AvgIpc) is 2.47. The number of rotatable bonds is 3. The van der Waals surface area contributed by atoms with E-state index in [1.54, 1.807) is 0 Å². The van der Waals surface area contributed by atoms with E-state index in [-0.39, 0.29) is 15.5 Å². The summed E-state index contributed by atoms with van der Waals surface area (Å²) < 4.78 is 26.7. The second kappa shape index (κ2) is 6.34. The van der Waals surface area contributed by atoms with Crippen molar-refractivity contribution in [3.8, 4) is 0 Å². The van der Waals surface area contributed by atoms with Crippen LogP contribution in [0.15, 0.2) is 23.1 Å². The number of carbonyl (C=O) groups excluding carboxylic acids is 1. The molecule has 1 aromatic rings. The predicted octanol–water partition coefficient (Wildman–Crippen LogP) is 2.12. The van der Waals surface area contributed by atoms with Crippen LogP contribution in [0.5, 0.6) is 0 Å². The van der Waals surface area contributed by atoms with Crippen LogP contribution in [0.2, 0.25) is 5.02 Å². The molecular formula is C14H19ClN2O3S. The quantitative estimate of drug-likeness (QED) is 0.923. The number of carbonyl (C=O) groups is 1. The molecule has 1 aromatic carbocycles. The predicted molar refractivity (Wildman–Crippen MR) is 82.0 cm³/mol. The van der Waals surface area contributed by atoms with E-state index in [9.17, 15) is 13.2 Å². The number of hydrogen-bond donors (Lipinski definition) is 1. The molecular weight excluding hydrogens is 312 g/mol. The lowest BCUT2D eigenvalue weighted by Gasteiger charge is -2.29. The fourth-order valence-electron chi connectivity index (χ4n) is 2.35. The highest BCUT2D eigenvalue weighted by Crippen LogP contribution is 2.26. The van der Waals surface area contributed by atoms with Gasteiger partial charge in [0.1, 0.15) is 0 Å². The Balaban J connectivity index is 2.34. The largest absolute Gasteiger partial charge is 0.355 e. The zero-order valence-corrected chi connectivity index (χ0v) is 13.7. The van der Waals surface area contributed by atoms with E-state index in [4.69, 9.17) is 11.6 Å². The summed E-state index contributed by atoms with van der Waals surface area (Å²) in [5.41, 5.74) is 0.172. The van der Waals surface area contributed by atoms with Gasteiger partial charge in [0.25, 0.3) is 5.91 Å². The van der Waals surface area contributed by atoms with Crippen LogP contribution >= 0.6 is 11.6 Å². The highest BCUT2D eigenvalue weighted by atomic mass is 35.5. The maximum absolute atomic E-state index is 12.6. The van der Waals surface area contributed by atoms with Gasteiger partial charge in [0, 0.05) is 20.1 Å². The Morgan fingerprint density at radius 3 is 2.52 bits per heavy atom. The zero-order chi connectivity index (χ0) is 15.6. The Bertz CT molecular complexity index is 638. The molecule has 0 aromatic heterocycles. The van der Waals surface area contributed by atoms with Gasteiger partial charge in [-0.2, -0.15) is 4.31 Å². The van der Waals surface area contributed by atoms with Crippen LogP contribution in [0, 0.1) is 5.92 Å². The Morgan fingerprint density at radius 2 is 1.95 bits per heavy atom. The van der Waals surface area contributed by atoms with E-state index in [2.05, 4.69) is 12.2 Å². The van der Waals surface area contributed by atoms with Gasteiger partial charge in [-0.15, -0.1) is 0 Å². The standard InChI is InChI=1S/C14H19ClN2O3S/c1-10-5-7-17(8-6-10)21(19,20)11-3-4-13(15)12(9-11)14(18)16-2/h3-4,9-10H,5-8H2,1-2H3,(H,16,18). The van der Waals surface area contributed by atoms with E-state index in [1.165, 1.54) is 29.6 Å². The maximum Gasteiger partial charge on any atom is 0.252 e. The molecule has 21 heavy (non-hydrogen) atoms. The number of amides is 1. The van der Waals surface area contributed by atoms with E-state index in [1.807, 2.05) is 0 Å². The number of hydrogen-bond acceptors (Lipinski definition) is 3. The van der Waals surface area contributed by atoms with E-state index in [0.29, 0.717) is 19.0 Å². The lowest BCUT2D eigenvalue weighted by molar-refractivity contribution is 0.0963. The molecule has 116 valence electrons. The molecule has 7 heteroatoms. The maximum atomic E-state index is 12.6. The third-order valence-electron chi connectivity index (χ3n) is 3.79. The summed E-state index contributed by atoms with van der Waals surface area (Å²) in [5.74, 6) is 0.146. The summed E-state index contributed by atoms with van der Waals surface area (Å²) in [4.78, 5) is 11.8. The molecule has 1 N–H and O–H groups in total. The van der Waals surface area contributed by atoms with Crippen LogP contribution in [-0.2, 0) is 10.0 Å². The molecule has 0 spiro atoms. The number of halogens is 1. The molecule has 1 amide bonds. The van der Waals surface area contributed by atoms with Crippen LogP contribution < -0.4 is 5.32 Å². The Morgan fingerprint density at radius 1 is 1.33 bits per heavy atom. The van der Waals surface area contributed by atoms with Crippen LogP contribution in [-0.4, -0.2) is 38.8 Å². The molecule has 2 rings (SSSR count).